The molecule has 0 spiro atoms. The Bertz CT molecular complexity index is 628. The molecule has 94 valence electrons. The van der Waals surface area contributed by atoms with Crippen LogP contribution >= 0.6 is 0 Å². The lowest BCUT2D eigenvalue weighted by Gasteiger charge is -2.00. The summed E-state index contributed by atoms with van der Waals surface area (Å²) in [7, 11) is 1.31. The van der Waals surface area contributed by atoms with E-state index in [1.54, 1.807) is 4.40 Å². The topological polar surface area (TPSA) is 60.7 Å². The molecule has 0 aliphatic rings. The van der Waals surface area contributed by atoms with Gasteiger partial charge in [-0.15, -0.1) is 0 Å². The molecule has 0 amide bonds. The summed E-state index contributed by atoms with van der Waals surface area (Å²) in [6.45, 7) is 3.42. The van der Waals surface area contributed by atoms with Gasteiger partial charge in [-0.25, -0.2) is 9.78 Å². The number of ether oxygens (including phenoxy) is 1. The largest absolute Gasteiger partial charge is 0.464 e. The van der Waals surface area contributed by atoms with E-state index in [1.165, 1.54) is 14.0 Å². The van der Waals surface area contributed by atoms with Crippen molar-refractivity contribution in [1.82, 2.24) is 9.38 Å². The molecule has 0 atom stereocenters. The van der Waals surface area contributed by atoms with E-state index in [4.69, 9.17) is 4.74 Å². The lowest BCUT2D eigenvalue weighted by atomic mass is 10.2. The van der Waals surface area contributed by atoms with Gasteiger partial charge < -0.3 is 9.14 Å². The van der Waals surface area contributed by atoms with Crippen LogP contribution in [0.4, 0.5) is 0 Å². The predicted octanol–water partition coefficient (Wildman–Crippen LogP) is 1.56. The first-order valence-electron chi connectivity index (χ1n) is 5.58. The second-order valence-corrected chi connectivity index (χ2v) is 4.21. The number of carbonyl (C=O) groups is 2. The highest BCUT2D eigenvalue weighted by molar-refractivity contribution is 5.95. The van der Waals surface area contributed by atoms with E-state index in [9.17, 15) is 9.59 Å². The van der Waals surface area contributed by atoms with Gasteiger partial charge in [0.05, 0.1) is 19.0 Å². The number of imidazole rings is 1. The Morgan fingerprint density at radius 3 is 2.78 bits per heavy atom. The van der Waals surface area contributed by atoms with Crippen LogP contribution in [-0.2, 0) is 16.0 Å². The van der Waals surface area contributed by atoms with Gasteiger partial charge in [0.15, 0.2) is 5.69 Å². The predicted molar refractivity (Wildman–Crippen MR) is 65.7 cm³/mol. The van der Waals surface area contributed by atoms with Crippen molar-refractivity contribution in [2.45, 2.75) is 20.3 Å². The Kier molecular flexibility index (Phi) is 3.14. The molecular formula is C13H14N2O3. The highest BCUT2D eigenvalue weighted by atomic mass is 16.5. The van der Waals surface area contributed by atoms with Crippen LogP contribution in [0, 0.1) is 6.92 Å². The van der Waals surface area contributed by atoms with Crippen LogP contribution in [0.1, 0.15) is 28.8 Å². The van der Waals surface area contributed by atoms with Crippen LogP contribution in [0.25, 0.3) is 5.52 Å². The SMILES string of the molecule is COC(=O)c1nc(CC(C)=O)n2ccc(C)cc12. The second-order valence-electron chi connectivity index (χ2n) is 4.21. The van der Waals surface area contributed by atoms with Gasteiger partial charge in [0.2, 0.25) is 0 Å². The molecule has 18 heavy (non-hydrogen) atoms. The zero-order chi connectivity index (χ0) is 13.3. The monoisotopic (exact) mass is 246 g/mol. The molecule has 5 heteroatoms. The highest BCUT2D eigenvalue weighted by Crippen LogP contribution is 2.16. The minimum atomic E-state index is -0.493. The second kappa shape index (κ2) is 4.60. The molecule has 0 fully saturated rings. The molecule has 0 aliphatic carbocycles. The molecule has 5 nitrogen and oxygen atoms in total. The summed E-state index contributed by atoms with van der Waals surface area (Å²) in [4.78, 5) is 27.1. The van der Waals surface area contributed by atoms with Gasteiger partial charge >= 0.3 is 5.97 Å². The molecule has 0 aliphatic heterocycles. The average molecular weight is 246 g/mol. The minimum absolute atomic E-state index is 0.00103. The van der Waals surface area contributed by atoms with Crippen molar-refractivity contribution in [3.63, 3.8) is 0 Å². The molecule has 0 radical (unpaired) electrons. The van der Waals surface area contributed by atoms with Gasteiger partial charge in [-0.05, 0) is 31.5 Å². The number of hydrogen-bond acceptors (Lipinski definition) is 4. The summed E-state index contributed by atoms with van der Waals surface area (Å²) in [6, 6.07) is 3.75. The molecule has 0 saturated carbocycles. The maximum Gasteiger partial charge on any atom is 0.358 e. The Morgan fingerprint density at radius 1 is 1.44 bits per heavy atom. The number of esters is 1. The molecule has 2 heterocycles. The zero-order valence-corrected chi connectivity index (χ0v) is 10.6. The minimum Gasteiger partial charge on any atom is -0.464 e. The fourth-order valence-electron chi connectivity index (χ4n) is 1.85. The van der Waals surface area contributed by atoms with Gasteiger partial charge in [-0.2, -0.15) is 0 Å². The summed E-state index contributed by atoms with van der Waals surface area (Å²) in [5, 5.41) is 0. The summed E-state index contributed by atoms with van der Waals surface area (Å²) in [5.41, 5.74) is 1.93. The number of Topliss-reactive ketones (excluding diaryl/α,β-unsaturated/α-hetero) is 1. The van der Waals surface area contributed by atoms with E-state index in [-0.39, 0.29) is 17.9 Å². The number of rotatable bonds is 3. The maximum absolute atomic E-state index is 11.7. The Morgan fingerprint density at radius 2 is 2.17 bits per heavy atom. The van der Waals surface area contributed by atoms with Crippen LogP contribution < -0.4 is 0 Å². The highest BCUT2D eigenvalue weighted by Gasteiger charge is 2.18. The molecule has 0 N–H and O–H groups in total. The number of methoxy groups -OCH3 is 1. The van der Waals surface area contributed by atoms with Crippen molar-refractivity contribution < 1.29 is 14.3 Å². The number of pyridine rings is 1. The molecule has 0 saturated heterocycles. The fourth-order valence-corrected chi connectivity index (χ4v) is 1.85. The number of aryl methyl sites for hydroxylation is 1. The Balaban J connectivity index is 2.66. The van der Waals surface area contributed by atoms with Crippen LogP contribution in [0.3, 0.4) is 0 Å². The summed E-state index contributed by atoms with van der Waals surface area (Å²) in [6.07, 6.45) is 2.00. The van der Waals surface area contributed by atoms with Gasteiger partial charge in [0.1, 0.15) is 11.6 Å². The first kappa shape index (κ1) is 12.3. The number of ketones is 1. The van der Waals surface area contributed by atoms with Gasteiger partial charge in [-0.3, -0.25) is 4.79 Å². The smallest absolute Gasteiger partial charge is 0.358 e. The maximum atomic E-state index is 11.7. The summed E-state index contributed by atoms with van der Waals surface area (Å²) >= 11 is 0. The Hall–Kier alpha value is -2.17. The molecule has 0 unspecified atom stereocenters. The fraction of sp³-hybridized carbons (Fsp3) is 0.308. The number of fused-ring (bicyclic) bond motifs is 1. The van der Waals surface area contributed by atoms with E-state index in [2.05, 4.69) is 4.98 Å². The van der Waals surface area contributed by atoms with E-state index in [0.717, 1.165) is 5.56 Å². The molecule has 0 bridgehead atoms. The summed E-state index contributed by atoms with van der Waals surface area (Å²) < 4.78 is 6.45. The zero-order valence-electron chi connectivity index (χ0n) is 10.6. The standard InChI is InChI=1S/C13H14N2O3/c1-8-4-5-15-10(6-8)12(13(17)18-3)14-11(15)7-9(2)16/h4-6H,7H2,1-3H3. The van der Waals surface area contributed by atoms with Crippen molar-refractivity contribution in [2.24, 2.45) is 0 Å². The third-order valence-corrected chi connectivity index (χ3v) is 2.66. The first-order valence-corrected chi connectivity index (χ1v) is 5.58. The van der Waals surface area contributed by atoms with Gasteiger partial charge in [0.25, 0.3) is 0 Å². The first-order chi connectivity index (χ1) is 8.52. The van der Waals surface area contributed by atoms with Crippen LogP contribution in [-0.4, -0.2) is 28.2 Å². The number of aromatic nitrogens is 2. The number of hydrogen-bond donors (Lipinski definition) is 0. The molecule has 0 aromatic carbocycles. The quantitative estimate of drug-likeness (QED) is 0.771. The lowest BCUT2D eigenvalue weighted by Crippen LogP contribution is -2.03. The molecule has 2 aromatic heterocycles. The van der Waals surface area contributed by atoms with E-state index >= 15 is 0 Å². The van der Waals surface area contributed by atoms with Crippen molar-refractivity contribution in [2.75, 3.05) is 7.11 Å². The van der Waals surface area contributed by atoms with Gasteiger partial charge in [-0.1, -0.05) is 0 Å². The van der Waals surface area contributed by atoms with Crippen LogP contribution in [0.15, 0.2) is 18.3 Å². The number of carbonyl (C=O) groups excluding carboxylic acids is 2. The third-order valence-electron chi connectivity index (χ3n) is 2.66. The van der Waals surface area contributed by atoms with Crippen molar-refractivity contribution in [1.29, 1.82) is 0 Å². The van der Waals surface area contributed by atoms with Crippen molar-refractivity contribution in [3.05, 3.63) is 35.4 Å². The average Bonchev–Trinajstić information content (AvgIpc) is 2.65. The van der Waals surface area contributed by atoms with Crippen LogP contribution in [0.5, 0.6) is 0 Å². The van der Waals surface area contributed by atoms with Crippen molar-refractivity contribution >= 4 is 17.3 Å². The van der Waals surface area contributed by atoms with Gasteiger partial charge in [0, 0.05) is 6.20 Å². The number of nitrogens with zero attached hydrogens (tertiary/aromatic N) is 2. The lowest BCUT2D eigenvalue weighted by molar-refractivity contribution is -0.116. The molecule has 2 rings (SSSR count). The summed E-state index contributed by atoms with van der Waals surface area (Å²) in [5.74, 6) is 0.0599. The van der Waals surface area contributed by atoms with E-state index in [1.807, 2.05) is 25.3 Å². The van der Waals surface area contributed by atoms with E-state index in [0.29, 0.717) is 11.3 Å². The third kappa shape index (κ3) is 2.11. The normalized spacial score (nSPS) is 10.6. The van der Waals surface area contributed by atoms with Crippen LogP contribution in [0.2, 0.25) is 0 Å². The Labute approximate surface area is 104 Å². The van der Waals surface area contributed by atoms with Crippen molar-refractivity contribution in [3.8, 4) is 0 Å². The molecule has 2 aromatic rings. The van der Waals surface area contributed by atoms with E-state index < -0.39 is 5.97 Å². The molecular weight excluding hydrogens is 232 g/mol.